The average molecular weight is 749 g/mol. The fourth-order valence-corrected chi connectivity index (χ4v) is 10.8. The monoisotopic (exact) mass is 748 g/mol. The molecule has 11 aromatic carbocycles. The van der Waals surface area contributed by atoms with Crippen LogP contribution in [0.2, 0.25) is 0 Å². The van der Waals surface area contributed by atoms with Gasteiger partial charge in [-0.25, -0.2) is 0 Å². The van der Waals surface area contributed by atoms with Crippen LogP contribution in [0.1, 0.15) is 25.0 Å². The van der Waals surface area contributed by atoms with Gasteiger partial charge in [-0.15, -0.1) is 0 Å². The molecule has 11 aromatic rings. The first-order valence-electron chi connectivity index (χ1n) is 20.8. The lowest BCUT2D eigenvalue weighted by Gasteiger charge is -2.26. The lowest BCUT2D eigenvalue weighted by molar-refractivity contribution is 0.668. The Kier molecular flexibility index (Phi) is 7.38. The molecule has 0 amide bonds. The summed E-state index contributed by atoms with van der Waals surface area (Å²) in [6, 6.07) is 76.8. The first-order valence-corrected chi connectivity index (χ1v) is 20.8. The van der Waals surface area contributed by atoms with Gasteiger partial charge in [0.1, 0.15) is 0 Å². The molecule has 12 rings (SSSR count). The molecule has 0 fully saturated rings. The summed E-state index contributed by atoms with van der Waals surface area (Å²) in [4.78, 5) is 0. The molecule has 0 saturated carbocycles. The summed E-state index contributed by atoms with van der Waals surface area (Å²) in [5.41, 5.74) is 15.4. The van der Waals surface area contributed by atoms with Crippen LogP contribution < -0.4 is 0 Å². The quantitative estimate of drug-likeness (QED) is 0.124. The third kappa shape index (κ3) is 4.96. The van der Waals surface area contributed by atoms with Gasteiger partial charge in [-0.2, -0.15) is 0 Å². The second-order valence-electron chi connectivity index (χ2n) is 16.7. The minimum Gasteiger partial charge on any atom is -0.0616 e. The number of benzene rings is 11. The number of fused-ring (bicyclic) bond motifs is 11. The molecule has 276 valence electrons. The van der Waals surface area contributed by atoms with Crippen LogP contribution in [0.4, 0.5) is 0 Å². The Labute approximate surface area is 344 Å². The number of rotatable bonds is 4. The van der Waals surface area contributed by atoms with Crippen LogP contribution in [0.15, 0.2) is 206 Å². The molecule has 0 saturated heterocycles. The molecule has 0 aliphatic heterocycles. The average Bonchev–Trinajstić information content (AvgIpc) is 3.55. The van der Waals surface area contributed by atoms with Crippen molar-refractivity contribution in [3.05, 3.63) is 217 Å². The van der Waals surface area contributed by atoms with Gasteiger partial charge in [-0.05, 0) is 133 Å². The van der Waals surface area contributed by atoms with Crippen LogP contribution in [-0.2, 0) is 5.41 Å². The molecule has 1 aliphatic carbocycles. The maximum absolute atomic E-state index is 2.45. The standard InChI is InChI=1S/C59H40/c1-59(2)57-43(31-16-32-53(57)56-47-25-9-6-22-44(47)45-23-7-14-30-52(45)58(56)59)39-19-15-20-41(36-39)54-48-26-10-12-28-50(48)55(51-29-13-11-27-49(51)54)46-24-8-5-21-42(46)40-34-33-37-17-3-4-18-38(37)35-40/h3-36H,1-2H3. The zero-order valence-corrected chi connectivity index (χ0v) is 33.1. The van der Waals surface area contributed by atoms with E-state index in [1.807, 2.05) is 0 Å². The molecule has 1 aliphatic rings. The van der Waals surface area contributed by atoms with E-state index in [1.54, 1.807) is 0 Å². The molecule has 0 radical (unpaired) electrons. The van der Waals surface area contributed by atoms with E-state index < -0.39 is 0 Å². The highest BCUT2D eigenvalue weighted by Gasteiger charge is 2.40. The molecule has 0 bridgehead atoms. The van der Waals surface area contributed by atoms with Crippen molar-refractivity contribution in [1.82, 2.24) is 0 Å². The summed E-state index contributed by atoms with van der Waals surface area (Å²) in [6.07, 6.45) is 0. The molecular weight excluding hydrogens is 709 g/mol. The Bertz CT molecular complexity index is 3470. The Morgan fingerprint density at radius 2 is 0.712 bits per heavy atom. The van der Waals surface area contributed by atoms with E-state index in [0.717, 1.165) is 0 Å². The molecule has 0 heterocycles. The van der Waals surface area contributed by atoms with Crippen LogP contribution in [-0.4, -0.2) is 0 Å². The zero-order chi connectivity index (χ0) is 39.2. The minimum absolute atomic E-state index is 0.208. The Hall–Kier alpha value is -7.28. The number of hydrogen-bond donors (Lipinski definition) is 0. The first-order chi connectivity index (χ1) is 29.1. The normalized spacial score (nSPS) is 13.1. The third-order valence-electron chi connectivity index (χ3n) is 13.2. The Morgan fingerprint density at radius 3 is 1.41 bits per heavy atom. The van der Waals surface area contributed by atoms with Crippen molar-refractivity contribution >= 4 is 53.9 Å². The highest BCUT2D eigenvalue weighted by Crippen LogP contribution is 2.57. The van der Waals surface area contributed by atoms with Crippen molar-refractivity contribution < 1.29 is 0 Å². The van der Waals surface area contributed by atoms with Gasteiger partial charge in [-0.3, -0.25) is 0 Å². The Balaban J connectivity index is 1.07. The van der Waals surface area contributed by atoms with E-state index in [1.165, 1.54) is 121 Å². The third-order valence-corrected chi connectivity index (χ3v) is 13.2. The van der Waals surface area contributed by atoms with Crippen molar-refractivity contribution in [1.29, 1.82) is 0 Å². The summed E-state index contributed by atoms with van der Waals surface area (Å²) in [6.45, 7) is 4.86. The molecule has 0 aromatic heterocycles. The molecule has 0 N–H and O–H groups in total. The van der Waals surface area contributed by atoms with E-state index in [2.05, 4.69) is 220 Å². The zero-order valence-electron chi connectivity index (χ0n) is 33.1. The van der Waals surface area contributed by atoms with Gasteiger partial charge in [-0.1, -0.05) is 208 Å². The van der Waals surface area contributed by atoms with E-state index in [4.69, 9.17) is 0 Å². The predicted octanol–water partition coefficient (Wildman–Crippen LogP) is 16.4. The minimum atomic E-state index is -0.208. The second kappa shape index (κ2) is 12.9. The van der Waals surface area contributed by atoms with Crippen molar-refractivity contribution in [2.24, 2.45) is 0 Å². The van der Waals surface area contributed by atoms with Gasteiger partial charge in [0.15, 0.2) is 0 Å². The molecular formula is C59H40. The van der Waals surface area contributed by atoms with Gasteiger partial charge < -0.3 is 0 Å². The smallest absolute Gasteiger partial charge is 0.0171 e. The van der Waals surface area contributed by atoms with E-state index in [9.17, 15) is 0 Å². The van der Waals surface area contributed by atoms with Crippen LogP contribution in [0, 0.1) is 0 Å². The lowest BCUT2D eigenvalue weighted by Crippen LogP contribution is -2.17. The van der Waals surface area contributed by atoms with E-state index in [0.29, 0.717) is 0 Å². The van der Waals surface area contributed by atoms with Crippen molar-refractivity contribution in [2.45, 2.75) is 19.3 Å². The SMILES string of the molecule is CC1(C)c2c(-c3cccc(-c4c5ccccc5c(-c5ccccc5-c5ccc6ccccc6c5)c5ccccc45)c3)cccc2-c2c1c1ccccc1c1ccccc21. The maximum Gasteiger partial charge on any atom is 0.0171 e. The summed E-state index contributed by atoms with van der Waals surface area (Å²) in [5, 5.41) is 12.9. The lowest BCUT2D eigenvalue weighted by atomic mass is 9.76. The highest BCUT2D eigenvalue weighted by atomic mass is 14.4. The summed E-state index contributed by atoms with van der Waals surface area (Å²) >= 11 is 0. The fourth-order valence-electron chi connectivity index (χ4n) is 10.8. The fraction of sp³-hybridized carbons (Fsp3) is 0.0508. The highest BCUT2D eigenvalue weighted by molar-refractivity contribution is 6.23. The summed E-state index contributed by atoms with van der Waals surface area (Å²) < 4.78 is 0. The molecule has 0 unspecified atom stereocenters. The Morgan fingerprint density at radius 1 is 0.254 bits per heavy atom. The van der Waals surface area contributed by atoms with Gasteiger partial charge >= 0.3 is 0 Å². The van der Waals surface area contributed by atoms with Crippen molar-refractivity contribution in [2.75, 3.05) is 0 Å². The number of hydrogen-bond acceptors (Lipinski definition) is 0. The van der Waals surface area contributed by atoms with E-state index >= 15 is 0 Å². The van der Waals surface area contributed by atoms with Crippen molar-refractivity contribution in [3.8, 4) is 55.6 Å². The van der Waals surface area contributed by atoms with Gasteiger partial charge in [0.05, 0.1) is 0 Å². The topological polar surface area (TPSA) is 0 Å². The molecule has 0 heteroatoms. The molecule has 0 spiro atoms. The molecule has 0 atom stereocenters. The van der Waals surface area contributed by atoms with Crippen LogP contribution in [0.25, 0.3) is 109 Å². The summed E-state index contributed by atoms with van der Waals surface area (Å²) in [5.74, 6) is 0. The molecule has 59 heavy (non-hydrogen) atoms. The second-order valence-corrected chi connectivity index (χ2v) is 16.7. The first kappa shape index (κ1) is 33.8. The van der Waals surface area contributed by atoms with Gasteiger partial charge in [0, 0.05) is 5.41 Å². The van der Waals surface area contributed by atoms with E-state index in [-0.39, 0.29) is 5.41 Å². The predicted molar refractivity (Wildman–Crippen MR) is 253 cm³/mol. The van der Waals surface area contributed by atoms with Crippen LogP contribution >= 0.6 is 0 Å². The van der Waals surface area contributed by atoms with Gasteiger partial charge in [0.2, 0.25) is 0 Å². The summed E-state index contributed by atoms with van der Waals surface area (Å²) in [7, 11) is 0. The molecule has 0 nitrogen and oxygen atoms in total. The maximum atomic E-state index is 2.45. The van der Waals surface area contributed by atoms with Gasteiger partial charge in [0.25, 0.3) is 0 Å². The van der Waals surface area contributed by atoms with Crippen molar-refractivity contribution in [3.63, 3.8) is 0 Å². The largest absolute Gasteiger partial charge is 0.0616 e. The van der Waals surface area contributed by atoms with Crippen LogP contribution in [0.5, 0.6) is 0 Å². The van der Waals surface area contributed by atoms with Crippen LogP contribution in [0.3, 0.4) is 0 Å².